The van der Waals surface area contributed by atoms with Gasteiger partial charge in [-0.15, -0.1) is 13.2 Å². The van der Waals surface area contributed by atoms with Crippen molar-refractivity contribution in [3.63, 3.8) is 0 Å². The van der Waals surface area contributed by atoms with Crippen LogP contribution in [0.1, 0.15) is 76.3 Å². The summed E-state index contributed by atoms with van der Waals surface area (Å²) in [6.07, 6.45) is 9.56. The molecule has 2 aromatic carbocycles. The fourth-order valence-corrected chi connectivity index (χ4v) is 8.14. The lowest BCUT2D eigenvalue weighted by molar-refractivity contribution is -0.635. The lowest BCUT2D eigenvalue weighted by atomic mass is 9.74. The first kappa shape index (κ1) is 32.5. The van der Waals surface area contributed by atoms with E-state index in [2.05, 4.69) is 100 Å². The number of ether oxygens (including phenoxy) is 2. The van der Waals surface area contributed by atoms with Gasteiger partial charge >= 0.3 is 0 Å². The SMILES string of the molecule is C=C[C@@H]1c2ccc(OC)cc2[NH2+][C@H]2[C@H]1CCC2(C)C.C=C[C@@H]1c2ccc(OC)cc2[NH2+][C@H]2[C@H]1CCC2(C)C.[Cl-].[Cl-]. The van der Waals surface area contributed by atoms with Gasteiger partial charge in [-0.25, -0.2) is 0 Å². The maximum Gasteiger partial charge on any atom is 0.137 e. The van der Waals surface area contributed by atoms with Crippen molar-refractivity contribution in [3.05, 3.63) is 72.8 Å². The highest BCUT2D eigenvalue weighted by atomic mass is 35.5. The van der Waals surface area contributed by atoms with Crippen LogP contribution in [0.25, 0.3) is 0 Å². The molecule has 0 saturated heterocycles. The van der Waals surface area contributed by atoms with Crippen LogP contribution in [0.4, 0.5) is 11.4 Å². The maximum absolute atomic E-state index is 5.37. The predicted molar refractivity (Wildman–Crippen MR) is 156 cm³/mol. The fraction of sp³-hybridized carbons (Fsp3) is 0.529. The van der Waals surface area contributed by atoms with Gasteiger partial charge in [0, 0.05) is 57.8 Å². The maximum atomic E-state index is 5.37. The molecule has 0 spiro atoms. The van der Waals surface area contributed by atoms with Crippen molar-refractivity contribution in [1.29, 1.82) is 0 Å². The number of rotatable bonds is 4. The van der Waals surface area contributed by atoms with Gasteiger partial charge in [-0.2, -0.15) is 0 Å². The summed E-state index contributed by atoms with van der Waals surface area (Å²) in [7, 11) is 3.47. The molecule has 2 aliphatic heterocycles. The lowest BCUT2D eigenvalue weighted by Gasteiger charge is -2.36. The molecule has 6 atom stereocenters. The molecule has 2 heterocycles. The molecule has 2 fully saturated rings. The van der Waals surface area contributed by atoms with Crippen LogP contribution in [0, 0.1) is 22.7 Å². The van der Waals surface area contributed by atoms with E-state index in [1.54, 1.807) is 14.2 Å². The van der Waals surface area contributed by atoms with E-state index in [0.717, 1.165) is 23.3 Å². The van der Waals surface area contributed by atoms with Gasteiger partial charge in [-0.1, -0.05) is 39.8 Å². The van der Waals surface area contributed by atoms with E-state index in [4.69, 9.17) is 9.47 Å². The van der Waals surface area contributed by atoms with Crippen molar-refractivity contribution in [2.24, 2.45) is 22.7 Å². The molecule has 0 amide bonds. The van der Waals surface area contributed by atoms with Crippen molar-refractivity contribution in [3.8, 4) is 11.5 Å². The zero-order chi connectivity index (χ0) is 27.2. The van der Waals surface area contributed by atoms with E-state index in [1.165, 1.54) is 48.2 Å². The Morgan fingerprint density at radius 3 is 1.40 bits per heavy atom. The smallest absolute Gasteiger partial charge is 0.137 e. The number of fused-ring (bicyclic) bond motifs is 4. The Balaban J connectivity index is 0.000000210. The summed E-state index contributed by atoms with van der Waals surface area (Å²) in [6, 6.07) is 14.3. The van der Waals surface area contributed by atoms with Crippen molar-refractivity contribution >= 4 is 11.4 Å². The molecule has 2 aromatic rings. The molecule has 0 unspecified atom stereocenters. The molecule has 220 valence electrons. The van der Waals surface area contributed by atoms with Gasteiger partial charge in [-0.3, -0.25) is 0 Å². The molecule has 0 aromatic heterocycles. The molecule has 6 rings (SSSR count). The molecule has 6 heteroatoms. The molecule has 0 radical (unpaired) electrons. The highest BCUT2D eigenvalue weighted by molar-refractivity contribution is 5.51. The molecule has 4 N–H and O–H groups in total. The minimum absolute atomic E-state index is 0. The van der Waals surface area contributed by atoms with Crippen LogP contribution in [0.5, 0.6) is 11.5 Å². The third kappa shape index (κ3) is 5.70. The minimum atomic E-state index is 0. The second-order valence-electron chi connectivity index (χ2n) is 13.3. The van der Waals surface area contributed by atoms with Crippen LogP contribution in [-0.2, 0) is 0 Å². The van der Waals surface area contributed by atoms with Crippen molar-refractivity contribution in [2.75, 3.05) is 14.2 Å². The van der Waals surface area contributed by atoms with Crippen LogP contribution in [-0.4, -0.2) is 26.3 Å². The molecular weight excluding hydrogens is 539 g/mol. The average Bonchev–Trinajstić information content (AvgIpc) is 3.39. The minimum Gasteiger partial charge on any atom is -1.00 e. The number of nitrogens with two attached hydrogens (primary N) is 2. The Labute approximate surface area is 254 Å². The first-order valence-corrected chi connectivity index (χ1v) is 14.4. The molecule has 0 bridgehead atoms. The number of benzene rings is 2. The van der Waals surface area contributed by atoms with Gasteiger partial charge in [-0.05, 0) is 49.9 Å². The Morgan fingerprint density at radius 2 is 1.07 bits per heavy atom. The summed E-state index contributed by atoms with van der Waals surface area (Å²) in [5.41, 5.74) is 6.37. The first-order chi connectivity index (χ1) is 18.1. The summed E-state index contributed by atoms with van der Waals surface area (Å²) in [6.45, 7) is 17.8. The molecule has 4 aliphatic rings. The highest BCUT2D eigenvalue weighted by Crippen LogP contribution is 2.51. The van der Waals surface area contributed by atoms with Crippen molar-refractivity contribution < 1.29 is 44.9 Å². The number of allylic oxidation sites excluding steroid dienone is 2. The summed E-state index contributed by atoms with van der Waals surface area (Å²) < 4.78 is 10.7. The van der Waals surface area contributed by atoms with Gasteiger partial charge in [0.25, 0.3) is 0 Å². The third-order valence-electron chi connectivity index (χ3n) is 10.4. The number of halogens is 2. The number of hydrogen-bond donors (Lipinski definition) is 2. The van der Waals surface area contributed by atoms with E-state index < -0.39 is 0 Å². The monoisotopic (exact) mass is 586 g/mol. The van der Waals surface area contributed by atoms with E-state index in [-0.39, 0.29) is 24.8 Å². The first-order valence-electron chi connectivity index (χ1n) is 14.4. The van der Waals surface area contributed by atoms with Gasteiger partial charge in [0.15, 0.2) is 0 Å². The summed E-state index contributed by atoms with van der Waals surface area (Å²) in [5, 5.41) is 4.96. The van der Waals surface area contributed by atoms with Gasteiger partial charge in [0.2, 0.25) is 0 Å². The largest absolute Gasteiger partial charge is 1.00 e. The normalized spacial score (nSPS) is 29.9. The summed E-state index contributed by atoms with van der Waals surface area (Å²) >= 11 is 0. The topological polar surface area (TPSA) is 51.7 Å². The molecule has 2 saturated carbocycles. The van der Waals surface area contributed by atoms with Crippen molar-refractivity contribution in [2.45, 2.75) is 77.3 Å². The fourth-order valence-electron chi connectivity index (χ4n) is 8.14. The zero-order valence-electron chi connectivity index (χ0n) is 25.1. The van der Waals surface area contributed by atoms with Gasteiger partial charge < -0.3 is 44.9 Å². The Bertz CT molecular complexity index is 1120. The Morgan fingerprint density at radius 1 is 0.700 bits per heavy atom. The molecule has 4 nitrogen and oxygen atoms in total. The standard InChI is InChI=1S/2C17H23NO.2ClH/c2*1-5-12-13-7-6-11(19-4)10-15(13)18-16-14(12)8-9-17(16,2)3;;/h2*5-7,10,12,14,16,18H,1,8-9H2,2-4H3;2*1H/t2*12-,14+,16+;;/m11../s1. The van der Waals surface area contributed by atoms with Gasteiger partial charge in [0.05, 0.1) is 26.3 Å². The van der Waals surface area contributed by atoms with E-state index in [1.807, 2.05) is 0 Å². The van der Waals surface area contributed by atoms with Crippen LogP contribution in [0.3, 0.4) is 0 Å². The van der Waals surface area contributed by atoms with E-state index >= 15 is 0 Å². The predicted octanol–water partition coefficient (Wildman–Crippen LogP) is -0.0358. The van der Waals surface area contributed by atoms with Crippen LogP contribution >= 0.6 is 0 Å². The van der Waals surface area contributed by atoms with Crippen LogP contribution in [0.15, 0.2) is 61.7 Å². The van der Waals surface area contributed by atoms with Crippen molar-refractivity contribution in [1.82, 2.24) is 0 Å². The third-order valence-corrected chi connectivity index (χ3v) is 10.4. The zero-order valence-corrected chi connectivity index (χ0v) is 26.6. The molecule has 2 aliphatic carbocycles. The second-order valence-corrected chi connectivity index (χ2v) is 13.3. The average molecular weight is 588 g/mol. The molecular formula is C34H48Cl2N2O2. The van der Waals surface area contributed by atoms with E-state index in [0.29, 0.717) is 34.7 Å². The highest BCUT2D eigenvalue weighted by Gasteiger charge is 2.52. The number of hydrogen-bond acceptors (Lipinski definition) is 2. The second kappa shape index (κ2) is 12.5. The van der Waals surface area contributed by atoms with Crippen LogP contribution in [0.2, 0.25) is 0 Å². The summed E-state index contributed by atoms with van der Waals surface area (Å²) in [4.78, 5) is 0. The van der Waals surface area contributed by atoms with Gasteiger partial charge in [0.1, 0.15) is 22.9 Å². The lowest BCUT2D eigenvalue weighted by Crippen LogP contribution is -3.00. The number of quaternary nitrogens is 2. The Hall–Kier alpha value is -1.98. The summed E-state index contributed by atoms with van der Waals surface area (Å²) in [5.74, 6) is 4.36. The van der Waals surface area contributed by atoms with E-state index in [9.17, 15) is 0 Å². The number of methoxy groups -OCH3 is 2. The quantitative estimate of drug-likeness (QED) is 0.390. The van der Waals surface area contributed by atoms with Crippen LogP contribution < -0.4 is 44.9 Å². The Kier molecular flexibility index (Phi) is 10.2. The molecule has 40 heavy (non-hydrogen) atoms.